The molecule has 0 aromatic heterocycles. The van der Waals surface area contributed by atoms with Crippen LogP contribution in [-0.2, 0) is 4.79 Å². The molecule has 0 radical (unpaired) electrons. The molecule has 0 aliphatic heterocycles. The molecule has 1 atom stereocenters. The van der Waals surface area contributed by atoms with Gasteiger partial charge in [-0.3, -0.25) is 4.79 Å². The summed E-state index contributed by atoms with van der Waals surface area (Å²) in [6.07, 6.45) is 0. The van der Waals surface area contributed by atoms with Gasteiger partial charge < -0.3 is 0 Å². The summed E-state index contributed by atoms with van der Waals surface area (Å²) in [7, 11) is 0. The van der Waals surface area contributed by atoms with Crippen molar-refractivity contribution in [1.82, 2.24) is 0 Å². The van der Waals surface area contributed by atoms with Gasteiger partial charge in [0.15, 0.2) is 0 Å². The average Bonchev–Trinajstić information content (AvgIpc) is 2.21. The third-order valence-electron chi connectivity index (χ3n) is 2.74. The van der Waals surface area contributed by atoms with Crippen LogP contribution >= 0.6 is 0 Å². The Balaban J connectivity index is 3.14. The second kappa shape index (κ2) is 4.73. The molecule has 0 heterocycles. The molecule has 0 fully saturated rings. The van der Waals surface area contributed by atoms with E-state index in [1.54, 1.807) is 20.8 Å². The van der Waals surface area contributed by atoms with E-state index in [0.29, 0.717) is 0 Å². The average molecular weight is 226 g/mol. The summed E-state index contributed by atoms with van der Waals surface area (Å²) in [5.74, 6) is -1.85. The Hall–Kier alpha value is -1.25. The minimum absolute atomic E-state index is 0.0813. The molecule has 1 nitrogen and oxygen atoms in total. The molecule has 1 unspecified atom stereocenters. The molecule has 1 aromatic rings. The highest BCUT2D eigenvalue weighted by molar-refractivity contribution is 5.87. The van der Waals surface area contributed by atoms with E-state index in [2.05, 4.69) is 0 Å². The Morgan fingerprint density at radius 3 is 2.19 bits per heavy atom. The number of halogens is 2. The fraction of sp³-hybridized carbons (Fsp3) is 0.462. The summed E-state index contributed by atoms with van der Waals surface area (Å²) in [4.78, 5) is 11.7. The predicted molar refractivity (Wildman–Crippen MR) is 59.4 cm³/mol. The topological polar surface area (TPSA) is 17.1 Å². The zero-order valence-corrected chi connectivity index (χ0v) is 9.97. The van der Waals surface area contributed by atoms with Crippen LogP contribution in [0.1, 0.15) is 37.8 Å². The fourth-order valence-corrected chi connectivity index (χ4v) is 1.65. The molecule has 0 saturated heterocycles. The van der Waals surface area contributed by atoms with E-state index < -0.39 is 17.6 Å². The van der Waals surface area contributed by atoms with Crippen molar-refractivity contribution in [2.45, 2.75) is 33.6 Å². The largest absolute Gasteiger partial charge is 0.299 e. The van der Waals surface area contributed by atoms with Gasteiger partial charge in [0.25, 0.3) is 0 Å². The number of ketones is 1. The highest BCUT2D eigenvalue weighted by Gasteiger charge is 2.22. The van der Waals surface area contributed by atoms with Crippen molar-refractivity contribution in [2.75, 3.05) is 0 Å². The van der Waals surface area contributed by atoms with E-state index in [9.17, 15) is 13.6 Å². The molecule has 0 spiro atoms. The monoisotopic (exact) mass is 226 g/mol. The normalized spacial score (nSPS) is 12.9. The molecule has 0 N–H and O–H groups in total. The van der Waals surface area contributed by atoms with Gasteiger partial charge in [-0.05, 0) is 24.6 Å². The SMILES string of the molecule is Cc1cc(F)c(C(C)C(=O)C(C)C)cc1F. The molecule has 1 rings (SSSR count). The summed E-state index contributed by atoms with van der Waals surface area (Å²) < 4.78 is 26.9. The van der Waals surface area contributed by atoms with Crippen molar-refractivity contribution in [3.05, 3.63) is 34.9 Å². The molecular weight excluding hydrogens is 210 g/mol. The van der Waals surface area contributed by atoms with Crippen molar-refractivity contribution in [2.24, 2.45) is 5.92 Å². The molecule has 1 aromatic carbocycles. The maximum absolute atomic E-state index is 13.6. The van der Waals surface area contributed by atoms with E-state index >= 15 is 0 Å². The highest BCUT2D eigenvalue weighted by atomic mass is 19.1. The number of rotatable bonds is 3. The molecule has 0 aliphatic carbocycles. The molecule has 3 heteroatoms. The number of hydrogen-bond acceptors (Lipinski definition) is 1. The van der Waals surface area contributed by atoms with E-state index in [4.69, 9.17) is 0 Å². The van der Waals surface area contributed by atoms with Crippen LogP contribution in [0.2, 0.25) is 0 Å². The summed E-state index contributed by atoms with van der Waals surface area (Å²) in [5.41, 5.74) is 0.396. The number of carbonyl (C=O) groups excluding carboxylic acids is 1. The van der Waals surface area contributed by atoms with Crippen LogP contribution in [0.25, 0.3) is 0 Å². The first-order valence-electron chi connectivity index (χ1n) is 5.33. The minimum atomic E-state index is -0.602. The quantitative estimate of drug-likeness (QED) is 0.769. The number of benzene rings is 1. The molecule has 0 aliphatic rings. The summed E-state index contributed by atoms with van der Waals surface area (Å²) in [6.45, 7) is 6.61. The lowest BCUT2D eigenvalue weighted by Crippen LogP contribution is -2.16. The van der Waals surface area contributed by atoms with Gasteiger partial charge in [-0.25, -0.2) is 8.78 Å². The lowest BCUT2D eigenvalue weighted by atomic mass is 9.89. The summed E-state index contributed by atoms with van der Waals surface area (Å²) >= 11 is 0. The van der Waals surface area contributed by atoms with Crippen LogP contribution in [0, 0.1) is 24.5 Å². The highest BCUT2D eigenvalue weighted by Crippen LogP contribution is 2.25. The standard InChI is InChI=1S/C13H16F2O/c1-7(2)13(16)9(4)10-6-11(14)8(3)5-12(10)15/h5-7,9H,1-4H3. The van der Waals surface area contributed by atoms with E-state index in [0.717, 1.165) is 12.1 Å². The third kappa shape index (κ3) is 2.46. The predicted octanol–water partition coefficient (Wildman–Crippen LogP) is 3.60. The lowest BCUT2D eigenvalue weighted by molar-refractivity contribution is -0.123. The Kier molecular flexibility index (Phi) is 3.79. The Bertz CT molecular complexity index is 411. The van der Waals surface area contributed by atoms with Gasteiger partial charge in [-0.1, -0.05) is 20.8 Å². The van der Waals surface area contributed by atoms with Crippen molar-refractivity contribution < 1.29 is 13.6 Å². The molecule has 0 saturated carbocycles. The number of aryl methyl sites for hydroxylation is 1. The number of hydrogen-bond donors (Lipinski definition) is 0. The molecular formula is C13H16F2O. The van der Waals surface area contributed by atoms with Gasteiger partial charge >= 0.3 is 0 Å². The van der Waals surface area contributed by atoms with E-state index in [1.807, 2.05) is 0 Å². The zero-order valence-electron chi connectivity index (χ0n) is 9.97. The van der Waals surface area contributed by atoms with Crippen molar-refractivity contribution in [3.8, 4) is 0 Å². The third-order valence-corrected chi connectivity index (χ3v) is 2.74. The summed E-state index contributed by atoms with van der Waals surface area (Å²) in [5, 5.41) is 0. The molecule has 16 heavy (non-hydrogen) atoms. The van der Waals surface area contributed by atoms with Gasteiger partial charge in [0.2, 0.25) is 0 Å². The maximum atomic E-state index is 13.6. The Morgan fingerprint density at radius 2 is 1.69 bits per heavy atom. The molecule has 0 amide bonds. The van der Waals surface area contributed by atoms with Crippen LogP contribution < -0.4 is 0 Å². The first-order chi connectivity index (χ1) is 7.34. The zero-order chi connectivity index (χ0) is 12.5. The van der Waals surface area contributed by atoms with Crippen LogP contribution in [-0.4, -0.2) is 5.78 Å². The maximum Gasteiger partial charge on any atom is 0.142 e. The minimum Gasteiger partial charge on any atom is -0.299 e. The number of carbonyl (C=O) groups is 1. The fourth-order valence-electron chi connectivity index (χ4n) is 1.65. The number of Topliss-reactive ketones (excluding diaryl/α,β-unsaturated/α-hetero) is 1. The van der Waals surface area contributed by atoms with Crippen molar-refractivity contribution in [1.29, 1.82) is 0 Å². The molecule has 0 bridgehead atoms. The van der Waals surface area contributed by atoms with Gasteiger partial charge in [0.1, 0.15) is 17.4 Å². The van der Waals surface area contributed by atoms with Crippen LogP contribution in [0.3, 0.4) is 0 Å². The van der Waals surface area contributed by atoms with Crippen LogP contribution in [0.5, 0.6) is 0 Å². The Labute approximate surface area is 94.5 Å². The van der Waals surface area contributed by atoms with Crippen molar-refractivity contribution >= 4 is 5.78 Å². The van der Waals surface area contributed by atoms with Gasteiger partial charge in [0.05, 0.1) is 0 Å². The van der Waals surface area contributed by atoms with Crippen LogP contribution in [0.4, 0.5) is 8.78 Å². The van der Waals surface area contributed by atoms with E-state index in [-0.39, 0.29) is 22.8 Å². The van der Waals surface area contributed by atoms with Gasteiger partial charge in [0, 0.05) is 17.4 Å². The van der Waals surface area contributed by atoms with Gasteiger partial charge in [-0.2, -0.15) is 0 Å². The van der Waals surface area contributed by atoms with E-state index in [1.165, 1.54) is 6.92 Å². The second-order valence-corrected chi connectivity index (χ2v) is 4.40. The Morgan fingerprint density at radius 1 is 1.12 bits per heavy atom. The lowest BCUT2D eigenvalue weighted by Gasteiger charge is -2.15. The smallest absolute Gasteiger partial charge is 0.142 e. The van der Waals surface area contributed by atoms with Crippen LogP contribution in [0.15, 0.2) is 12.1 Å². The summed E-state index contributed by atoms with van der Waals surface area (Å²) in [6, 6.07) is 2.25. The molecule has 88 valence electrons. The first kappa shape index (κ1) is 12.8. The van der Waals surface area contributed by atoms with Gasteiger partial charge in [-0.15, -0.1) is 0 Å². The van der Waals surface area contributed by atoms with Crippen molar-refractivity contribution in [3.63, 3.8) is 0 Å². The second-order valence-electron chi connectivity index (χ2n) is 4.40. The first-order valence-corrected chi connectivity index (χ1v) is 5.33.